The molecule has 0 aliphatic carbocycles. The number of ether oxygens (including phenoxy) is 2. The van der Waals surface area contributed by atoms with Gasteiger partial charge in [-0.05, 0) is 36.3 Å². The molecule has 7 heteroatoms. The Morgan fingerprint density at radius 2 is 2.14 bits per heavy atom. The summed E-state index contributed by atoms with van der Waals surface area (Å²) in [6.07, 6.45) is 2.15. The Morgan fingerprint density at radius 1 is 1.34 bits per heavy atom. The van der Waals surface area contributed by atoms with Crippen LogP contribution in [-0.4, -0.2) is 68.1 Å². The molecule has 1 saturated heterocycles. The van der Waals surface area contributed by atoms with Crippen LogP contribution >= 0.6 is 0 Å². The number of piperidine rings is 1. The van der Waals surface area contributed by atoms with Crippen LogP contribution in [0.2, 0.25) is 0 Å². The Morgan fingerprint density at radius 3 is 2.83 bits per heavy atom. The van der Waals surface area contributed by atoms with Gasteiger partial charge in [-0.2, -0.15) is 0 Å². The highest BCUT2D eigenvalue weighted by Crippen LogP contribution is 2.47. The molecule has 0 amide bonds. The standard InChI is InChI=1S/C22H33BN2O4/c1-4-12-10-25-8-7-13-19-18(26)6-5-16(23)21(19)24-20(13)17(25)9-14(12)15(11-28-2)22(27)29-3/h5-6,12,14-15,17,22,24,26-27H,4,7-11,23H2,1-3H3/t12-,14+,15?,17?,22+/m1/s1. The number of hydrogen-bond donors (Lipinski definition) is 3. The van der Waals surface area contributed by atoms with E-state index in [9.17, 15) is 10.2 Å². The van der Waals surface area contributed by atoms with Crippen molar-refractivity contribution in [3.8, 4) is 5.75 Å². The number of phenolic OH excluding ortho intramolecular Hbond substituents is 1. The summed E-state index contributed by atoms with van der Waals surface area (Å²) in [5, 5.41) is 22.1. The number of nitrogens with one attached hydrogen (secondary N) is 1. The van der Waals surface area contributed by atoms with Gasteiger partial charge in [-0.1, -0.05) is 24.9 Å². The van der Waals surface area contributed by atoms with E-state index in [1.807, 2.05) is 6.07 Å². The van der Waals surface area contributed by atoms with Crippen molar-refractivity contribution < 1.29 is 19.7 Å². The molecule has 0 spiro atoms. The summed E-state index contributed by atoms with van der Waals surface area (Å²) in [6, 6.07) is 4.04. The number of phenols is 1. The van der Waals surface area contributed by atoms with E-state index >= 15 is 0 Å². The van der Waals surface area contributed by atoms with Crippen molar-refractivity contribution in [3.05, 3.63) is 23.4 Å². The third-order valence-electron chi connectivity index (χ3n) is 7.31. The Bertz CT molecular complexity index is 870. The molecule has 3 N–H and O–H groups in total. The highest BCUT2D eigenvalue weighted by Gasteiger charge is 2.44. The molecular formula is C22H33BN2O4. The summed E-state index contributed by atoms with van der Waals surface area (Å²) in [7, 11) is 5.33. The SMILES string of the molecule is Bc1ccc(O)c2c3c([nH]c12)C1C[C@H](C(COC)[C@@H](O)OC)[C@H](CC)CN1CC3. The molecule has 2 aromatic rings. The lowest BCUT2D eigenvalue weighted by atomic mass is 9.71. The topological polar surface area (TPSA) is 78.0 Å². The number of aromatic hydroxyl groups is 1. The first kappa shape index (κ1) is 20.7. The Kier molecular flexibility index (Phi) is 5.93. The smallest absolute Gasteiger partial charge is 0.159 e. The number of nitrogens with zero attached hydrogens (tertiary/aromatic N) is 1. The zero-order chi connectivity index (χ0) is 20.7. The maximum atomic E-state index is 10.5. The van der Waals surface area contributed by atoms with Gasteiger partial charge in [0, 0.05) is 49.8 Å². The number of aromatic amines is 1. The fourth-order valence-electron chi connectivity index (χ4n) is 5.76. The predicted octanol–water partition coefficient (Wildman–Crippen LogP) is 1.30. The minimum absolute atomic E-state index is 0.0537. The van der Waals surface area contributed by atoms with Gasteiger partial charge in [-0.15, -0.1) is 0 Å². The third-order valence-corrected chi connectivity index (χ3v) is 7.31. The van der Waals surface area contributed by atoms with Crippen LogP contribution in [0.15, 0.2) is 12.1 Å². The molecule has 0 radical (unpaired) electrons. The maximum Gasteiger partial charge on any atom is 0.159 e. The number of methoxy groups -OCH3 is 2. The summed E-state index contributed by atoms with van der Waals surface area (Å²) in [5.74, 6) is 1.12. The van der Waals surface area contributed by atoms with Gasteiger partial charge in [0.05, 0.1) is 12.6 Å². The molecule has 4 rings (SSSR count). The van der Waals surface area contributed by atoms with E-state index in [1.54, 1.807) is 20.3 Å². The molecule has 158 valence electrons. The van der Waals surface area contributed by atoms with Gasteiger partial charge in [-0.25, -0.2) is 0 Å². The molecule has 29 heavy (non-hydrogen) atoms. The Labute approximate surface area is 173 Å². The first-order chi connectivity index (χ1) is 14.0. The van der Waals surface area contributed by atoms with Crippen LogP contribution in [0.4, 0.5) is 0 Å². The van der Waals surface area contributed by atoms with E-state index in [0.717, 1.165) is 48.7 Å². The third kappa shape index (κ3) is 3.48. The molecule has 0 saturated carbocycles. The van der Waals surface area contributed by atoms with Gasteiger partial charge >= 0.3 is 0 Å². The van der Waals surface area contributed by atoms with Crippen molar-refractivity contribution in [2.45, 2.75) is 38.5 Å². The van der Waals surface area contributed by atoms with Gasteiger partial charge in [0.1, 0.15) is 13.6 Å². The van der Waals surface area contributed by atoms with Gasteiger partial charge in [0.25, 0.3) is 0 Å². The van der Waals surface area contributed by atoms with Crippen molar-refractivity contribution >= 4 is 24.2 Å². The summed E-state index contributed by atoms with van der Waals surface area (Å²) in [4.78, 5) is 6.25. The molecule has 1 aromatic carbocycles. The van der Waals surface area contributed by atoms with E-state index in [4.69, 9.17) is 9.47 Å². The normalized spacial score (nSPS) is 26.8. The summed E-state index contributed by atoms with van der Waals surface area (Å²) in [6.45, 7) is 4.74. The van der Waals surface area contributed by atoms with Crippen LogP contribution in [0.1, 0.15) is 37.1 Å². The van der Waals surface area contributed by atoms with Gasteiger partial charge < -0.3 is 24.7 Å². The monoisotopic (exact) mass is 400 g/mol. The zero-order valence-corrected chi connectivity index (χ0v) is 17.9. The number of aliphatic hydroxyl groups excluding tert-OH is 1. The highest BCUT2D eigenvalue weighted by molar-refractivity contribution is 6.38. The second-order valence-corrected chi connectivity index (χ2v) is 8.74. The molecule has 3 heterocycles. The molecule has 6 nitrogen and oxygen atoms in total. The predicted molar refractivity (Wildman–Crippen MR) is 116 cm³/mol. The fraction of sp³-hybridized carbons (Fsp3) is 0.636. The fourth-order valence-corrected chi connectivity index (χ4v) is 5.76. The molecule has 1 aromatic heterocycles. The Balaban J connectivity index is 1.73. The number of aromatic nitrogens is 1. The maximum absolute atomic E-state index is 10.5. The van der Waals surface area contributed by atoms with Crippen molar-refractivity contribution in [2.75, 3.05) is 33.9 Å². The minimum Gasteiger partial charge on any atom is -0.507 e. The largest absolute Gasteiger partial charge is 0.507 e. The molecule has 2 aliphatic rings. The number of hydrogen-bond acceptors (Lipinski definition) is 5. The summed E-state index contributed by atoms with van der Waals surface area (Å²) < 4.78 is 10.8. The number of rotatable bonds is 6. The lowest BCUT2D eigenvalue weighted by molar-refractivity contribution is -0.157. The summed E-state index contributed by atoms with van der Waals surface area (Å²) in [5.41, 5.74) is 4.70. The molecule has 1 fully saturated rings. The number of fused-ring (bicyclic) bond motifs is 5. The van der Waals surface area contributed by atoms with Gasteiger partial charge in [-0.3, -0.25) is 4.90 Å². The van der Waals surface area contributed by atoms with Crippen LogP contribution in [0.5, 0.6) is 5.75 Å². The lowest BCUT2D eigenvalue weighted by Crippen LogP contribution is -2.50. The van der Waals surface area contributed by atoms with Crippen LogP contribution in [0.3, 0.4) is 0 Å². The summed E-state index contributed by atoms with van der Waals surface area (Å²) >= 11 is 0. The van der Waals surface area contributed by atoms with Crippen LogP contribution in [0, 0.1) is 17.8 Å². The molecule has 0 bridgehead atoms. The van der Waals surface area contributed by atoms with Gasteiger partial charge in [0.15, 0.2) is 6.29 Å². The van der Waals surface area contributed by atoms with Crippen molar-refractivity contribution in [1.29, 1.82) is 0 Å². The van der Waals surface area contributed by atoms with Crippen molar-refractivity contribution in [3.63, 3.8) is 0 Å². The molecule has 2 unspecified atom stereocenters. The lowest BCUT2D eigenvalue weighted by Gasteiger charge is -2.48. The van der Waals surface area contributed by atoms with Crippen LogP contribution < -0.4 is 5.46 Å². The first-order valence-corrected chi connectivity index (χ1v) is 10.8. The van der Waals surface area contributed by atoms with Crippen LogP contribution in [-0.2, 0) is 15.9 Å². The molecular weight excluding hydrogens is 367 g/mol. The number of H-pyrrole nitrogens is 1. The van der Waals surface area contributed by atoms with Crippen molar-refractivity contribution in [2.24, 2.45) is 17.8 Å². The van der Waals surface area contributed by atoms with E-state index in [0.29, 0.717) is 24.2 Å². The highest BCUT2D eigenvalue weighted by atomic mass is 16.6. The van der Waals surface area contributed by atoms with E-state index in [1.165, 1.54) is 11.3 Å². The van der Waals surface area contributed by atoms with Gasteiger partial charge in [0.2, 0.25) is 0 Å². The second-order valence-electron chi connectivity index (χ2n) is 8.74. The Hall–Kier alpha value is -1.54. The first-order valence-electron chi connectivity index (χ1n) is 10.8. The van der Waals surface area contributed by atoms with E-state index in [-0.39, 0.29) is 12.0 Å². The van der Waals surface area contributed by atoms with E-state index in [2.05, 4.69) is 24.7 Å². The van der Waals surface area contributed by atoms with Crippen LogP contribution in [0.25, 0.3) is 10.9 Å². The molecule has 5 atom stereocenters. The quantitative estimate of drug-likeness (QED) is 0.504. The zero-order valence-electron chi connectivity index (χ0n) is 17.9. The molecule has 2 aliphatic heterocycles. The number of benzene rings is 1. The van der Waals surface area contributed by atoms with E-state index < -0.39 is 6.29 Å². The second kappa shape index (κ2) is 8.30. The number of aliphatic hydroxyl groups is 1. The average molecular weight is 400 g/mol. The minimum atomic E-state index is -0.822. The average Bonchev–Trinajstić information content (AvgIpc) is 3.14. The van der Waals surface area contributed by atoms with Crippen molar-refractivity contribution in [1.82, 2.24) is 9.88 Å².